The number of aromatic nitrogens is 6. The van der Waals surface area contributed by atoms with Gasteiger partial charge >= 0.3 is 0 Å². The standard InChI is InChI=1S/C21H27N7O3S/c1-14-10-24-18(12-23-14)15(2)16(3)32(29,30)27-20-26-25-19(17-6-5-9-22-11-17)28(20)21(7-8-21)13-31-4/h5-6,9-12,15-16H,7-8,13H2,1-4H3,(H,26,27)/t15-,16-/m0/s1. The highest BCUT2D eigenvalue weighted by Crippen LogP contribution is 2.47. The van der Waals surface area contributed by atoms with E-state index in [0.29, 0.717) is 18.1 Å². The fraction of sp³-hybridized carbons (Fsp3) is 0.476. The summed E-state index contributed by atoms with van der Waals surface area (Å²) >= 11 is 0. The molecule has 3 aromatic heterocycles. The first kappa shape index (κ1) is 22.3. The summed E-state index contributed by atoms with van der Waals surface area (Å²) in [5, 5.41) is 7.73. The van der Waals surface area contributed by atoms with E-state index < -0.39 is 20.8 Å². The van der Waals surface area contributed by atoms with E-state index in [1.54, 1.807) is 44.9 Å². The van der Waals surface area contributed by atoms with Crippen molar-refractivity contribution in [2.24, 2.45) is 0 Å². The van der Waals surface area contributed by atoms with Crippen LogP contribution in [0, 0.1) is 6.92 Å². The van der Waals surface area contributed by atoms with Gasteiger partial charge in [0, 0.05) is 43.4 Å². The largest absolute Gasteiger partial charge is 0.382 e. The summed E-state index contributed by atoms with van der Waals surface area (Å²) in [6.45, 7) is 5.74. The number of pyridine rings is 1. The lowest BCUT2D eigenvalue weighted by molar-refractivity contribution is 0.145. The van der Waals surface area contributed by atoms with Gasteiger partial charge in [-0.25, -0.2) is 8.42 Å². The normalized spacial score (nSPS) is 17.0. The van der Waals surface area contributed by atoms with E-state index in [4.69, 9.17) is 4.74 Å². The molecule has 0 amide bonds. The predicted octanol–water partition coefficient (Wildman–Crippen LogP) is 2.51. The number of nitrogens with one attached hydrogen (secondary N) is 1. The third-order valence-electron chi connectivity index (χ3n) is 5.99. The number of anilines is 1. The summed E-state index contributed by atoms with van der Waals surface area (Å²) in [6.07, 6.45) is 8.29. The summed E-state index contributed by atoms with van der Waals surface area (Å²) in [7, 11) is -2.18. The van der Waals surface area contributed by atoms with E-state index in [2.05, 4.69) is 29.9 Å². The lowest BCUT2D eigenvalue weighted by Gasteiger charge is -2.23. The van der Waals surface area contributed by atoms with E-state index in [1.807, 2.05) is 24.5 Å². The van der Waals surface area contributed by atoms with Crippen molar-refractivity contribution in [1.82, 2.24) is 29.7 Å². The molecule has 0 unspecified atom stereocenters. The molecule has 11 heteroatoms. The maximum Gasteiger partial charge on any atom is 0.239 e. The van der Waals surface area contributed by atoms with Crippen LogP contribution in [0.15, 0.2) is 36.9 Å². The van der Waals surface area contributed by atoms with Gasteiger partial charge in [-0.05, 0) is 38.8 Å². The molecule has 2 atom stereocenters. The van der Waals surface area contributed by atoms with Crippen LogP contribution in [-0.2, 0) is 20.3 Å². The highest BCUT2D eigenvalue weighted by molar-refractivity contribution is 7.93. The van der Waals surface area contributed by atoms with Crippen molar-refractivity contribution in [1.29, 1.82) is 0 Å². The molecule has 0 bridgehead atoms. The highest BCUT2D eigenvalue weighted by Gasteiger charge is 2.48. The summed E-state index contributed by atoms with van der Waals surface area (Å²) in [5.74, 6) is 0.353. The van der Waals surface area contributed by atoms with Crippen LogP contribution in [0.4, 0.5) is 5.95 Å². The molecule has 10 nitrogen and oxygen atoms in total. The molecule has 1 fully saturated rings. The van der Waals surface area contributed by atoms with E-state index >= 15 is 0 Å². The van der Waals surface area contributed by atoms with E-state index in [0.717, 1.165) is 24.1 Å². The molecule has 3 aromatic rings. The Bertz CT molecular complexity index is 1180. The lowest BCUT2D eigenvalue weighted by Crippen LogP contribution is -2.33. The van der Waals surface area contributed by atoms with Gasteiger partial charge in [-0.1, -0.05) is 6.92 Å². The zero-order valence-electron chi connectivity index (χ0n) is 18.6. The Labute approximate surface area is 187 Å². The molecule has 0 saturated heterocycles. The molecule has 4 rings (SSSR count). The maximum absolute atomic E-state index is 13.3. The van der Waals surface area contributed by atoms with Gasteiger partial charge in [0.1, 0.15) is 0 Å². The predicted molar refractivity (Wildman–Crippen MR) is 120 cm³/mol. The van der Waals surface area contributed by atoms with Crippen LogP contribution in [0.5, 0.6) is 0 Å². The first-order valence-corrected chi connectivity index (χ1v) is 12.0. The number of nitrogens with zero attached hydrogens (tertiary/aromatic N) is 6. The van der Waals surface area contributed by atoms with Crippen molar-refractivity contribution in [3.05, 3.63) is 48.3 Å². The fourth-order valence-electron chi connectivity index (χ4n) is 3.69. The van der Waals surface area contributed by atoms with Crippen LogP contribution < -0.4 is 4.72 Å². The molecule has 1 saturated carbocycles. The van der Waals surface area contributed by atoms with Gasteiger partial charge < -0.3 is 4.74 Å². The van der Waals surface area contributed by atoms with Crippen LogP contribution in [0.2, 0.25) is 0 Å². The third-order valence-corrected chi connectivity index (χ3v) is 7.85. The van der Waals surface area contributed by atoms with Crippen molar-refractivity contribution in [2.45, 2.75) is 50.3 Å². The number of methoxy groups -OCH3 is 1. The van der Waals surface area contributed by atoms with Crippen LogP contribution >= 0.6 is 0 Å². The van der Waals surface area contributed by atoms with Crippen LogP contribution in [0.1, 0.15) is 44.0 Å². The smallest absolute Gasteiger partial charge is 0.239 e. The fourth-order valence-corrected chi connectivity index (χ4v) is 4.94. The van der Waals surface area contributed by atoms with Gasteiger partial charge in [-0.15, -0.1) is 10.2 Å². The SMILES string of the molecule is COCC1(n2c(NS(=O)(=O)[C@@H](C)[C@H](C)c3cnc(C)cn3)nnc2-c2cccnc2)CC1. The van der Waals surface area contributed by atoms with Gasteiger partial charge in [-0.2, -0.15) is 0 Å². The van der Waals surface area contributed by atoms with E-state index in [1.165, 1.54) is 0 Å². The summed E-state index contributed by atoms with van der Waals surface area (Å²) in [4.78, 5) is 12.7. The Hall–Kier alpha value is -2.92. The Morgan fingerprint density at radius 1 is 1.19 bits per heavy atom. The second-order valence-corrected chi connectivity index (χ2v) is 10.3. The van der Waals surface area contributed by atoms with Gasteiger partial charge in [0.2, 0.25) is 16.0 Å². The molecule has 3 heterocycles. The molecule has 0 spiro atoms. The van der Waals surface area contributed by atoms with Crippen LogP contribution in [0.3, 0.4) is 0 Å². The number of aryl methyl sites for hydroxylation is 1. The first-order valence-electron chi connectivity index (χ1n) is 10.4. The second-order valence-electron chi connectivity index (χ2n) is 8.31. The number of ether oxygens (including phenoxy) is 1. The molecule has 0 radical (unpaired) electrons. The third kappa shape index (κ3) is 4.22. The van der Waals surface area contributed by atoms with Crippen molar-refractivity contribution < 1.29 is 13.2 Å². The van der Waals surface area contributed by atoms with Gasteiger partial charge in [-0.3, -0.25) is 24.2 Å². The van der Waals surface area contributed by atoms with Crippen LogP contribution in [0.25, 0.3) is 11.4 Å². The van der Waals surface area contributed by atoms with Crippen molar-refractivity contribution >= 4 is 16.0 Å². The quantitative estimate of drug-likeness (QED) is 0.520. The topological polar surface area (TPSA) is 125 Å². The van der Waals surface area contributed by atoms with Crippen molar-refractivity contribution in [3.63, 3.8) is 0 Å². The van der Waals surface area contributed by atoms with Gasteiger partial charge in [0.05, 0.1) is 28.8 Å². The Morgan fingerprint density at radius 2 is 1.97 bits per heavy atom. The summed E-state index contributed by atoms with van der Waals surface area (Å²) in [6, 6.07) is 3.68. The molecule has 0 aromatic carbocycles. The van der Waals surface area contributed by atoms with Crippen LogP contribution in [-0.4, -0.2) is 57.1 Å². The van der Waals surface area contributed by atoms with E-state index in [-0.39, 0.29) is 11.9 Å². The zero-order chi connectivity index (χ0) is 22.9. The number of hydrogen-bond acceptors (Lipinski definition) is 8. The number of sulfonamides is 1. The van der Waals surface area contributed by atoms with Gasteiger partial charge in [0.25, 0.3) is 0 Å². The highest BCUT2D eigenvalue weighted by atomic mass is 32.2. The Kier molecular flexibility index (Phi) is 5.95. The van der Waals surface area contributed by atoms with E-state index in [9.17, 15) is 8.42 Å². The molecule has 1 aliphatic carbocycles. The number of rotatable bonds is 9. The van der Waals surface area contributed by atoms with Crippen molar-refractivity contribution in [2.75, 3.05) is 18.4 Å². The zero-order valence-corrected chi connectivity index (χ0v) is 19.4. The minimum atomic E-state index is -3.81. The van der Waals surface area contributed by atoms with Crippen molar-refractivity contribution in [3.8, 4) is 11.4 Å². The minimum Gasteiger partial charge on any atom is -0.382 e. The molecular formula is C21H27N7O3S. The molecule has 32 heavy (non-hydrogen) atoms. The average Bonchev–Trinajstić information content (AvgIpc) is 3.44. The minimum absolute atomic E-state index is 0.174. The first-order chi connectivity index (χ1) is 15.3. The molecule has 0 aliphatic heterocycles. The molecule has 1 aliphatic rings. The van der Waals surface area contributed by atoms with Gasteiger partial charge in [0.15, 0.2) is 5.82 Å². The number of hydrogen-bond donors (Lipinski definition) is 1. The second kappa shape index (κ2) is 8.55. The molecular weight excluding hydrogens is 430 g/mol. The Balaban J connectivity index is 1.68. The summed E-state index contributed by atoms with van der Waals surface area (Å²) < 4.78 is 36.6. The average molecular weight is 458 g/mol. The lowest BCUT2D eigenvalue weighted by atomic mass is 10.1. The maximum atomic E-state index is 13.3. The molecule has 1 N–H and O–H groups in total. The Morgan fingerprint density at radius 3 is 2.56 bits per heavy atom. The monoisotopic (exact) mass is 457 g/mol. The molecule has 170 valence electrons. The summed E-state index contributed by atoms with van der Waals surface area (Å²) in [5.41, 5.74) is 1.75.